The van der Waals surface area contributed by atoms with Crippen LogP contribution in [-0.2, 0) is 0 Å². The second-order valence-corrected chi connectivity index (χ2v) is 2.33. The molecule has 0 atom stereocenters. The Hall–Kier alpha value is -0.870. The number of aromatic nitrogens is 2. The molecule has 0 unspecified atom stereocenters. The molecular weight excluding hydrogens is 189 g/mol. The first-order chi connectivity index (χ1) is 5.25. The fourth-order valence-corrected chi connectivity index (χ4v) is 0.931. The molecule has 0 bridgehead atoms. The first-order valence-corrected chi connectivity index (χ1v) is 3.34. The van der Waals surface area contributed by atoms with E-state index < -0.39 is 0 Å². The molecule has 0 aromatic carbocycles. The molecule has 11 heavy (non-hydrogen) atoms. The van der Waals surface area contributed by atoms with E-state index in [0.717, 1.165) is 6.21 Å². The van der Waals surface area contributed by atoms with Crippen LogP contribution in [-0.4, -0.2) is 21.4 Å². The van der Waals surface area contributed by atoms with Crippen molar-refractivity contribution in [3.8, 4) is 0 Å². The van der Waals surface area contributed by atoms with Crippen molar-refractivity contribution in [2.24, 2.45) is 5.16 Å². The van der Waals surface area contributed by atoms with Crippen molar-refractivity contribution in [1.82, 2.24) is 9.97 Å². The normalized spacial score (nSPS) is 10.7. The third kappa shape index (κ3) is 1.78. The smallest absolute Gasteiger partial charge is 0.142 e. The minimum atomic E-state index is 0.155. The van der Waals surface area contributed by atoms with E-state index in [1.807, 2.05) is 0 Å². The summed E-state index contributed by atoms with van der Waals surface area (Å²) in [4.78, 5) is 7.25. The lowest BCUT2D eigenvalue weighted by Crippen LogP contribution is -1.90. The fraction of sp³-hybridized carbons (Fsp3) is 0. The molecule has 0 amide bonds. The van der Waals surface area contributed by atoms with E-state index in [-0.39, 0.29) is 10.3 Å². The van der Waals surface area contributed by atoms with E-state index in [4.69, 9.17) is 28.4 Å². The molecular formula is C5H3Cl2N3O. The first-order valence-electron chi connectivity index (χ1n) is 2.59. The Morgan fingerprint density at radius 1 is 1.36 bits per heavy atom. The van der Waals surface area contributed by atoms with Gasteiger partial charge in [0.15, 0.2) is 0 Å². The molecule has 0 aliphatic carbocycles. The van der Waals surface area contributed by atoms with E-state index in [1.165, 1.54) is 6.33 Å². The Labute approximate surface area is 72.5 Å². The van der Waals surface area contributed by atoms with Gasteiger partial charge in [0.25, 0.3) is 0 Å². The first kappa shape index (κ1) is 8.23. The maximum Gasteiger partial charge on any atom is 0.142 e. The Bertz CT molecular complexity index is 269. The van der Waals surface area contributed by atoms with Crippen molar-refractivity contribution in [3.05, 3.63) is 22.2 Å². The Morgan fingerprint density at radius 3 is 2.36 bits per heavy atom. The fourth-order valence-electron chi connectivity index (χ4n) is 0.519. The number of oxime groups is 1. The van der Waals surface area contributed by atoms with Gasteiger partial charge in [-0.2, -0.15) is 0 Å². The van der Waals surface area contributed by atoms with E-state index in [1.54, 1.807) is 0 Å². The van der Waals surface area contributed by atoms with Crippen LogP contribution < -0.4 is 0 Å². The van der Waals surface area contributed by atoms with Gasteiger partial charge in [0.2, 0.25) is 0 Å². The van der Waals surface area contributed by atoms with Crippen molar-refractivity contribution < 1.29 is 5.21 Å². The number of halogens is 2. The molecule has 4 nitrogen and oxygen atoms in total. The summed E-state index contributed by atoms with van der Waals surface area (Å²) in [7, 11) is 0. The van der Waals surface area contributed by atoms with Gasteiger partial charge >= 0.3 is 0 Å². The Kier molecular flexibility index (Phi) is 2.62. The highest BCUT2D eigenvalue weighted by Crippen LogP contribution is 2.16. The van der Waals surface area contributed by atoms with Crippen LogP contribution in [0.2, 0.25) is 10.3 Å². The third-order valence-electron chi connectivity index (χ3n) is 0.973. The highest BCUT2D eigenvalue weighted by atomic mass is 35.5. The topological polar surface area (TPSA) is 58.4 Å². The summed E-state index contributed by atoms with van der Waals surface area (Å²) in [5.41, 5.74) is 0.304. The standard InChI is InChI=1S/C5H3Cl2N3O/c6-4-3(1-10-11)5(7)9-2-8-4/h1-2,11H/b10-1+. The van der Waals surface area contributed by atoms with Gasteiger partial charge in [-0.3, -0.25) is 0 Å². The maximum atomic E-state index is 8.17. The summed E-state index contributed by atoms with van der Waals surface area (Å²) in [5.74, 6) is 0. The molecule has 0 radical (unpaired) electrons. The number of nitrogens with zero attached hydrogens (tertiary/aromatic N) is 3. The zero-order chi connectivity index (χ0) is 8.27. The van der Waals surface area contributed by atoms with E-state index in [0.29, 0.717) is 5.56 Å². The van der Waals surface area contributed by atoms with Crippen LogP contribution in [0.4, 0.5) is 0 Å². The summed E-state index contributed by atoms with van der Waals surface area (Å²) < 4.78 is 0. The quantitative estimate of drug-likeness (QED) is 0.318. The summed E-state index contributed by atoms with van der Waals surface area (Å²) in [6, 6.07) is 0. The number of rotatable bonds is 1. The lowest BCUT2D eigenvalue weighted by atomic mass is 10.4. The zero-order valence-corrected chi connectivity index (χ0v) is 6.71. The molecule has 0 saturated carbocycles. The molecule has 6 heteroatoms. The zero-order valence-electron chi connectivity index (χ0n) is 5.20. The molecule has 1 aromatic rings. The summed E-state index contributed by atoms with van der Waals surface area (Å²) >= 11 is 11.1. The van der Waals surface area contributed by atoms with Crippen LogP contribution in [0.3, 0.4) is 0 Å². The van der Waals surface area contributed by atoms with Crippen LogP contribution in [0.1, 0.15) is 5.56 Å². The highest BCUT2D eigenvalue weighted by molar-refractivity contribution is 6.37. The average Bonchev–Trinajstić information content (AvgIpc) is 1.97. The van der Waals surface area contributed by atoms with Crippen molar-refractivity contribution >= 4 is 29.4 Å². The van der Waals surface area contributed by atoms with E-state index in [9.17, 15) is 0 Å². The van der Waals surface area contributed by atoms with Crippen molar-refractivity contribution in [2.45, 2.75) is 0 Å². The van der Waals surface area contributed by atoms with Gasteiger partial charge in [0, 0.05) is 0 Å². The molecule has 1 rings (SSSR count). The van der Waals surface area contributed by atoms with Crippen LogP contribution in [0.5, 0.6) is 0 Å². The van der Waals surface area contributed by atoms with Crippen molar-refractivity contribution in [3.63, 3.8) is 0 Å². The summed E-state index contributed by atoms with van der Waals surface area (Å²) in [6.45, 7) is 0. The third-order valence-corrected chi connectivity index (χ3v) is 1.58. The van der Waals surface area contributed by atoms with Gasteiger partial charge in [-0.1, -0.05) is 28.4 Å². The van der Waals surface area contributed by atoms with Gasteiger partial charge < -0.3 is 5.21 Å². The van der Waals surface area contributed by atoms with Gasteiger partial charge in [-0.25, -0.2) is 9.97 Å². The Balaban J connectivity index is 3.20. The average molecular weight is 192 g/mol. The molecule has 58 valence electrons. The summed E-state index contributed by atoms with van der Waals surface area (Å²) in [6.07, 6.45) is 2.30. The molecule has 1 heterocycles. The Morgan fingerprint density at radius 2 is 1.91 bits per heavy atom. The monoisotopic (exact) mass is 191 g/mol. The lowest BCUT2D eigenvalue weighted by Gasteiger charge is -1.95. The SMILES string of the molecule is O/N=C/c1c(Cl)ncnc1Cl. The highest BCUT2D eigenvalue weighted by Gasteiger charge is 2.04. The molecule has 0 saturated heterocycles. The van der Waals surface area contributed by atoms with E-state index >= 15 is 0 Å². The van der Waals surface area contributed by atoms with Gasteiger partial charge in [-0.15, -0.1) is 0 Å². The number of hydrogen-bond acceptors (Lipinski definition) is 4. The largest absolute Gasteiger partial charge is 0.411 e. The van der Waals surface area contributed by atoms with Crippen LogP contribution >= 0.6 is 23.2 Å². The van der Waals surface area contributed by atoms with Gasteiger partial charge in [-0.05, 0) is 0 Å². The van der Waals surface area contributed by atoms with Crippen LogP contribution in [0.25, 0.3) is 0 Å². The minimum Gasteiger partial charge on any atom is -0.411 e. The molecule has 0 aliphatic heterocycles. The molecule has 0 spiro atoms. The van der Waals surface area contributed by atoms with Crippen LogP contribution in [0.15, 0.2) is 11.5 Å². The second kappa shape index (κ2) is 3.50. The van der Waals surface area contributed by atoms with Gasteiger partial charge in [0.05, 0.1) is 11.8 Å². The predicted molar refractivity (Wildman–Crippen MR) is 41.4 cm³/mol. The maximum absolute atomic E-state index is 8.17. The number of hydrogen-bond donors (Lipinski definition) is 1. The predicted octanol–water partition coefficient (Wildman–Crippen LogP) is 1.59. The second-order valence-electron chi connectivity index (χ2n) is 1.61. The van der Waals surface area contributed by atoms with E-state index in [2.05, 4.69) is 15.1 Å². The summed E-state index contributed by atoms with van der Waals surface area (Å²) in [5, 5.41) is 11.2. The minimum absolute atomic E-state index is 0.155. The lowest BCUT2D eigenvalue weighted by molar-refractivity contribution is 0.322. The van der Waals surface area contributed by atoms with Gasteiger partial charge in [0.1, 0.15) is 16.6 Å². The van der Waals surface area contributed by atoms with Crippen molar-refractivity contribution in [1.29, 1.82) is 0 Å². The molecule has 0 fully saturated rings. The molecule has 1 N–H and O–H groups in total. The van der Waals surface area contributed by atoms with Crippen LogP contribution in [0, 0.1) is 0 Å². The molecule has 1 aromatic heterocycles. The molecule has 0 aliphatic rings. The van der Waals surface area contributed by atoms with Crippen molar-refractivity contribution in [2.75, 3.05) is 0 Å².